The van der Waals surface area contributed by atoms with Crippen LogP contribution >= 0.6 is 34.3 Å². The topological polar surface area (TPSA) is 68.3 Å². The molecule has 1 N–H and O–H groups in total. The van der Waals surface area contributed by atoms with Crippen LogP contribution in [0, 0.1) is 0 Å². The van der Waals surface area contributed by atoms with Crippen molar-refractivity contribution in [2.45, 2.75) is 13.0 Å². The van der Waals surface area contributed by atoms with Crippen molar-refractivity contribution in [2.75, 3.05) is 6.61 Å². The van der Waals surface area contributed by atoms with Gasteiger partial charge in [-0.15, -0.1) is 11.3 Å². The third kappa shape index (κ3) is 5.14. The summed E-state index contributed by atoms with van der Waals surface area (Å²) in [5.41, 5.74) is 2.48. The van der Waals surface area contributed by atoms with Crippen LogP contribution in [-0.2, 0) is 27.3 Å². The van der Waals surface area contributed by atoms with Crippen LogP contribution < -0.4 is 5.32 Å². The number of thiazole rings is 1. The van der Waals surface area contributed by atoms with Gasteiger partial charge in [0.25, 0.3) is 5.91 Å². The third-order valence-electron chi connectivity index (χ3n) is 3.44. The number of esters is 1. The Hall–Kier alpha value is -2.22. The first-order chi connectivity index (χ1) is 12.6. The molecule has 2 aromatic heterocycles. The minimum atomic E-state index is -0.486. The number of hydrogen-bond donors (Lipinski definition) is 1. The van der Waals surface area contributed by atoms with E-state index in [-0.39, 0.29) is 25.5 Å². The van der Waals surface area contributed by atoms with Crippen LogP contribution in [0.3, 0.4) is 0 Å². The lowest BCUT2D eigenvalue weighted by Gasteiger charge is -2.07. The van der Waals surface area contributed by atoms with Gasteiger partial charge in [0.2, 0.25) is 0 Å². The smallest absolute Gasteiger partial charge is 0.312 e. The van der Waals surface area contributed by atoms with Crippen LogP contribution in [-0.4, -0.2) is 23.5 Å². The average molecular weight is 407 g/mol. The molecule has 0 atom stereocenters. The lowest BCUT2D eigenvalue weighted by atomic mass is 10.2. The third-order valence-corrected chi connectivity index (χ3v) is 5.44. The number of ether oxygens (including phenoxy) is 1. The molecule has 0 unspecified atom stereocenters. The number of benzene rings is 1. The number of hydrogen-bond acceptors (Lipinski definition) is 6. The highest BCUT2D eigenvalue weighted by Gasteiger charge is 2.12. The quantitative estimate of drug-likeness (QED) is 0.603. The Morgan fingerprint density at radius 3 is 2.81 bits per heavy atom. The summed E-state index contributed by atoms with van der Waals surface area (Å²) in [5.74, 6) is -0.865. The number of carbonyl (C=O) groups excluding carboxylic acids is 2. The van der Waals surface area contributed by atoms with E-state index in [0.717, 1.165) is 16.1 Å². The molecule has 0 fully saturated rings. The summed E-state index contributed by atoms with van der Waals surface area (Å²) < 4.78 is 5.01. The molecule has 5 nitrogen and oxygen atoms in total. The molecular weight excluding hydrogens is 392 g/mol. The molecule has 3 aromatic rings. The molecular formula is C18H15ClN2O3S2. The lowest BCUT2D eigenvalue weighted by molar-refractivity contribution is -0.147. The molecule has 2 heterocycles. The summed E-state index contributed by atoms with van der Waals surface area (Å²) in [6.45, 7) is -0.0447. The molecule has 0 aliphatic heterocycles. The van der Waals surface area contributed by atoms with Gasteiger partial charge in [0, 0.05) is 27.9 Å². The molecule has 3 rings (SSSR count). The summed E-state index contributed by atoms with van der Waals surface area (Å²) in [5, 5.41) is 9.92. The number of nitrogens with one attached hydrogen (secondary N) is 1. The molecule has 1 aromatic carbocycles. The van der Waals surface area contributed by atoms with Crippen LogP contribution in [0.2, 0.25) is 5.02 Å². The summed E-state index contributed by atoms with van der Waals surface area (Å²) in [7, 11) is 0. The van der Waals surface area contributed by atoms with Crippen molar-refractivity contribution in [3.8, 4) is 10.6 Å². The number of amides is 1. The Morgan fingerprint density at radius 1 is 1.19 bits per heavy atom. The predicted molar refractivity (Wildman–Crippen MR) is 103 cm³/mol. The highest BCUT2D eigenvalue weighted by Crippen LogP contribution is 2.25. The zero-order valence-corrected chi connectivity index (χ0v) is 16.0. The number of rotatable bonds is 7. The molecule has 0 spiro atoms. The molecule has 8 heteroatoms. The van der Waals surface area contributed by atoms with Gasteiger partial charge >= 0.3 is 5.97 Å². The van der Waals surface area contributed by atoms with E-state index in [4.69, 9.17) is 16.3 Å². The number of nitrogens with zero attached hydrogens (tertiary/aromatic N) is 1. The van der Waals surface area contributed by atoms with E-state index < -0.39 is 5.97 Å². The van der Waals surface area contributed by atoms with Crippen LogP contribution in [0.5, 0.6) is 0 Å². The first-order valence-electron chi connectivity index (χ1n) is 7.74. The van der Waals surface area contributed by atoms with Crippen molar-refractivity contribution in [1.29, 1.82) is 0 Å². The van der Waals surface area contributed by atoms with Gasteiger partial charge in [-0.3, -0.25) is 9.59 Å². The second-order valence-corrected chi connectivity index (χ2v) is 7.41. The first kappa shape index (κ1) is 18.6. The average Bonchev–Trinajstić information content (AvgIpc) is 3.30. The Bertz CT molecular complexity index is 893. The van der Waals surface area contributed by atoms with Gasteiger partial charge in [0.15, 0.2) is 6.61 Å². The van der Waals surface area contributed by atoms with Gasteiger partial charge in [-0.1, -0.05) is 29.8 Å². The van der Waals surface area contributed by atoms with Gasteiger partial charge in [-0.2, -0.15) is 11.3 Å². The van der Waals surface area contributed by atoms with Crippen molar-refractivity contribution in [2.24, 2.45) is 0 Å². The van der Waals surface area contributed by atoms with E-state index in [1.165, 1.54) is 11.3 Å². The van der Waals surface area contributed by atoms with Crippen molar-refractivity contribution < 1.29 is 14.3 Å². The highest BCUT2D eigenvalue weighted by molar-refractivity contribution is 7.14. The fraction of sp³-hybridized carbons (Fsp3) is 0.167. The van der Waals surface area contributed by atoms with Gasteiger partial charge in [0.1, 0.15) is 5.01 Å². The zero-order valence-electron chi connectivity index (χ0n) is 13.6. The fourth-order valence-electron chi connectivity index (χ4n) is 2.14. The molecule has 0 saturated carbocycles. The normalized spacial score (nSPS) is 10.5. The predicted octanol–water partition coefficient (Wildman–Crippen LogP) is 3.93. The summed E-state index contributed by atoms with van der Waals surface area (Å²) in [6.07, 6.45) is 0.0401. The minimum absolute atomic E-state index is 0.0401. The van der Waals surface area contributed by atoms with Crippen molar-refractivity contribution in [3.05, 3.63) is 62.8 Å². The number of aromatic nitrogens is 1. The molecule has 0 radical (unpaired) electrons. The van der Waals surface area contributed by atoms with Gasteiger partial charge in [-0.25, -0.2) is 4.98 Å². The van der Waals surface area contributed by atoms with Gasteiger partial charge in [-0.05, 0) is 23.1 Å². The maximum atomic E-state index is 11.9. The number of carbonyl (C=O) groups is 2. The van der Waals surface area contributed by atoms with Gasteiger partial charge < -0.3 is 10.1 Å². The maximum absolute atomic E-state index is 11.9. The Labute approximate surface area is 163 Å². The van der Waals surface area contributed by atoms with E-state index in [1.807, 2.05) is 40.4 Å². The SMILES string of the molecule is O=C(COC(=O)Cc1csc(-c2ccsc2)n1)NCc1ccccc1Cl. The molecule has 0 aliphatic rings. The van der Waals surface area contributed by atoms with Crippen LogP contribution in [0.4, 0.5) is 0 Å². The summed E-state index contributed by atoms with van der Waals surface area (Å²) >= 11 is 9.09. The molecule has 0 bridgehead atoms. The highest BCUT2D eigenvalue weighted by atomic mass is 35.5. The monoisotopic (exact) mass is 406 g/mol. The number of thiophene rings is 1. The van der Waals surface area contributed by atoms with E-state index in [2.05, 4.69) is 10.3 Å². The molecule has 134 valence electrons. The zero-order chi connectivity index (χ0) is 18.4. The summed E-state index contributed by atoms with van der Waals surface area (Å²) in [6, 6.07) is 9.21. The Morgan fingerprint density at radius 2 is 2.04 bits per heavy atom. The van der Waals surface area contributed by atoms with E-state index in [0.29, 0.717) is 10.7 Å². The lowest BCUT2D eigenvalue weighted by Crippen LogP contribution is -2.28. The van der Waals surface area contributed by atoms with Crippen molar-refractivity contribution in [1.82, 2.24) is 10.3 Å². The Kier molecular flexibility index (Phi) is 6.38. The van der Waals surface area contributed by atoms with Crippen LogP contribution in [0.15, 0.2) is 46.5 Å². The van der Waals surface area contributed by atoms with E-state index in [1.54, 1.807) is 17.4 Å². The largest absolute Gasteiger partial charge is 0.455 e. The van der Waals surface area contributed by atoms with E-state index in [9.17, 15) is 9.59 Å². The molecule has 1 amide bonds. The maximum Gasteiger partial charge on any atom is 0.312 e. The molecule has 26 heavy (non-hydrogen) atoms. The molecule has 0 saturated heterocycles. The summed E-state index contributed by atoms with van der Waals surface area (Å²) in [4.78, 5) is 28.1. The first-order valence-corrected chi connectivity index (χ1v) is 9.94. The molecule has 0 aliphatic carbocycles. The fourth-order valence-corrected chi connectivity index (χ4v) is 3.87. The second-order valence-electron chi connectivity index (χ2n) is 5.36. The second kappa shape index (κ2) is 8.93. The van der Waals surface area contributed by atoms with Crippen molar-refractivity contribution >= 4 is 46.2 Å². The number of halogens is 1. The van der Waals surface area contributed by atoms with Gasteiger partial charge in [0.05, 0.1) is 12.1 Å². The minimum Gasteiger partial charge on any atom is -0.455 e. The van der Waals surface area contributed by atoms with E-state index >= 15 is 0 Å². The standard InChI is InChI=1S/C18H15ClN2O3S2/c19-15-4-2-1-3-12(15)8-20-16(22)9-24-17(23)7-14-11-26-18(21-14)13-5-6-25-10-13/h1-6,10-11H,7-9H2,(H,20,22). The van der Waals surface area contributed by atoms with Crippen LogP contribution in [0.1, 0.15) is 11.3 Å². The Balaban J connectivity index is 1.42. The van der Waals surface area contributed by atoms with Crippen LogP contribution in [0.25, 0.3) is 10.6 Å². The van der Waals surface area contributed by atoms with Crippen molar-refractivity contribution in [3.63, 3.8) is 0 Å².